The third-order valence-electron chi connectivity index (χ3n) is 2.04. The van der Waals surface area contributed by atoms with Gasteiger partial charge in [-0.15, -0.1) is 0 Å². The predicted molar refractivity (Wildman–Crippen MR) is 37.2 cm³/mol. The molecule has 0 bridgehead atoms. The highest BCUT2D eigenvalue weighted by Gasteiger charge is 2.44. The molecule has 0 spiro atoms. The first-order valence-corrected chi connectivity index (χ1v) is 3.79. The molecule has 0 radical (unpaired) electrons. The molecule has 1 heterocycles. The lowest BCUT2D eigenvalue weighted by molar-refractivity contribution is -0.0382. The van der Waals surface area contributed by atoms with Crippen molar-refractivity contribution in [2.24, 2.45) is 0 Å². The molecule has 0 aliphatic carbocycles. The maximum Gasteiger partial charge on any atom is 0.157 e. The molecule has 1 saturated heterocycles. The normalized spacial score (nSPS) is 44.8. The summed E-state index contributed by atoms with van der Waals surface area (Å²) in [4.78, 5) is 0. The molecule has 0 aromatic carbocycles. The molecule has 0 aromatic heterocycles. The Bertz CT molecular complexity index is 156. The molecule has 1 fully saturated rings. The van der Waals surface area contributed by atoms with Gasteiger partial charge in [0, 0.05) is 0 Å². The zero-order valence-electron chi connectivity index (χ0n) is 6.65. The summed E-state index contributed by atoms with van der Waals surface area (Å²) >= 11 is 0. The minimum Gasteiger partial charge on any atom is -0.388 e. The fourth-order valence-corrected chi connectivity index (χ4v) is 1.27. The van der Waals surface area contributed by atoms with Gasteiger partial charge in [-0.1, -0.05) is 0 Å². The molecule has 1 unspecified atom stereocenters. The molecule has 0 amide bonds. The van der Waals surface area contributed by atoms with Gasteiger partial charge >= 0.3 is 0 Å². The van der Waals surface area contributed by atoms with Crippen molar-refractivity contribution < 1.29 is 23.7 Å². The molecule has 5 atom stereocenters. The van der Waals surface area contributed by atoms with Crippen molar-refractivity contribution in [1.29, 1.82) is 0 Å². The van der Waals surface area contributed by atoms with Gasteiger partial charge in [-0.25, -0.2) is 8.78 Å². The van der Waals surface area contributed by atoms with Crippen LogP contribution in [0.25, 0.3) is 0 Å². The van der Waals surface area contributed by atoms with Gasteiger partial charge in [0.25, 0.3) is 0 Å². The lowest BCUT2D eigenvalue weighted by atomic mass is 10.1. The zero-order chi connectivity index (χ0) is 9.30. The monoisotopic (exact) mass is 182 g/mol. The summed E-state index contributed by atoms with van der Waals surface area (Å²) in [5.41, 5.74) is 0. The predicted octanol–water partition coefficient (Wildman–Crippen LogP) is -0.197. The SMILES string of the molecule is C[C@@H]1O[C@H]([C@@H](F)CF)[C@H](O)C1O. The van der Waals surface area contributed by atoms with E-state index in [0.29, 0.717) is 0 Å². The van der Waals surface area contributed by atoms with E-state index >= 15 is 0 Å². The first-order chi connectivity index (χ1) is 5.57. The molecule has 0 saturated carbocycles. The van der Waals surface area contributed by atoms with Gasteiger partial charge in [0.05, 0.1) is 6.10 Å². The van der Waals surface area contributed by atoms with Gasteiger partial charge in [-0.2, -0.15) is 0 Å². The number of rotatable bonds is 2. The van der Waals surface area contributed by atoms with Gasteiger partial charge in [-0.3, -0.25) is 0 Å². The summed E-state index contributed by atoms with van der Waals surface area (Å²) < 4.78 is 29.3. The third kappa shape index (κ3) is 1.57. The Morgan fingerprint density at radius 3 is 2.33 bits per heavy atom. The van der Waals surface area contributed by atoms with Crippen LogP contribution in [0.5, 0.6) is 0 Å². The van der Waals surface area contributed by atoms with E-state index in [1.807, 2.05) is 0 Å². The van der Waals surface area contributed by atoms with Crippen LogP contribution in [0.15, 0.2) is 0 Å². The summed E-state index contributed by atoms with van der Waals surface area (Å²) in [5, 5.41) is 18.3. The van der Waals surface area contributed by atoms with E-state index in [1.165, 1.54) is 6.92 Å². The molecule has 0 aromatic rings. The first kappa shape index (κ1) is 9.83. The summed E-state index contributed by atoms with van der Waals surface area (Å²) in [5.74, 6) is 0. The Balaban J connectivity index is 2.58. The van der Waals surface area contributed by atoms with Crippen molar-refractivity contribution in [3.8, 4) is 0 Å². The molecule has 12 heavy (non-hydrogen) atoms. The Hall–Kier alpha value is -0.260. The fraction of sp³-hybridized carbons (Fsp3) is 1.00. The maximum absolute atomic E-state index is 12.7. The second kappa shape index (κ2) is 3.64. The van der Waals surface area contributed by atoms with Crippen LogP contribution in [0, 0.1) is 0 Å². The zero-order valence-corrected chi connectivity index (χ0v) is 6.65. The lowest BCUT2D eigenvalue weighted by Crippen LogP contribution is -2.37. The molecule has 3 nitrogen and oxygen atoms in total. The van der Waals surface area contributed by atoms with Crippen LogP contribution in [0.1, 0.15) is 6.92 Å². The van der Waals surface area contributed by atoms with Crippen LogP contribution < -0.4 is 0 Å². The number of aliphatic hydroxyl groups is 2. The first-order valence-electron chi connectivity index (χ1n) is 3.79. The van der Waals surface area contributed by atoms with Gasteiger partial charge in [0.15, 0.2) is 6.17 Å². The van der Waals surface area contributed by atoms with Gasteiger partial charge in [0.1, 0.15) is 25.0 Å². The summed E-state index contributed by atoms with van der Waals surface area (Å²) in [6.07, 6.45) is -6.19. The molecule has 1 aliphatic rings. The smallest absolute Gasteiger partial charge is 0.157 e. The van der Waals surface area contributed by atoms with E-state index in [-0.39, 0.29) is 0 Å². The Morgan fingerprint density at radius 1 is 1.42 bits per heavy atom. The van der Waals surface area contributed by atoms with E-state index in [4.69, 9.17) is 14.9 Å². The molecule has 1 rings (SSSR count). The van der Waals surface area contributed by atoms with Crippen molar-refractivity contribution >= 4 is 0 Å². The Labute approximate surface area is 69.0 Å². The maximum atomic E-state index is 12.7. The van der Waals surface area contributed by atoms with Crippen LogP contribution in [-0.2, 0) is 4.74 Å². The van der Waals surface area contributed by atoms with E-state index in [0.717, 1.165) is 0 Å². The fourth-order valence-electron chi connectivity index (χ4n) is 1.27. The average molecular weight is 182 g/mol. The lowest BCUT2D eigenvalue weighted by Gasteiger charge is -2.16. The van der Waals surface area contributed by atoms with Gasteiger partial charge in [0.2, 0.25) is 0 Å². The minimum atomic E-state index is -1.86. The number of halogens is 2. The van der Waals surface area contributed by atoms with Crippen LogP contribution in [0.3, 0.4) is 0 Å². The molecular formula is C7H12F2O3. The van der Waals surface area contributed by atoms with Crippen LogP contribution in [-0.4, -0.2) is 47.5 Å². The number of ether oxygens (including phenoxy) is 1. The van der Waals surface area contributed by atoms with Crippen molar-refractivity contribution in [1.82, 2.24) is 0 Å². The number of hydrogen-bond donors (Lipinski definition) is 2. The molecule has 5 heteroatoms. The topological polar surface area (TPSA) is 49.7 Å². The highest BCUT2D eigenvalue weighted by molar-refractivity contribution is 4.92. The minimum absolute atomic E-state index is 0.644. The molecular weight excluding hydrogens is 170 g/mol. The molecule has 2 N–H and O–H groups in total. The van der Waals surface area contributed by atoms with Crippen molar-refractivity contribution in [3.05, 3.63) is 0 Å². The quantitative estimate of drug-likeness (QED) is 0.622. The summed E-state index contributed by atoms with van der Waals surface area (Å²) in [6.45, 7) is 0.292. The highest BCUT2D eigenvalue weighted by Crippen LogP contribution is 2.24. The van der Waals surface area contributed by atoms with E-state index < -0.39 is 37.3 Å². The number of hydrogen-bond acceptors (Lipinski definition) is 3. The van der Waals surface area contributed by atoms with E-state index in [9.17, 15) is 8.78 Å². The Kier molecular flexibility index (Phi) is 2.98. The highest BCUT2D eigenvalue weighted by atomic mass is 19.2. The number of alkyl halides is 2. The summed E-state index contributed by atoms with van der Waals surface area (Å²) in [6, 6.07) is 0. The summed E-state index contributed by atoms with van der Waals surface area (Å²) in [7, 11) is 0. The van der Waals surface area contributed by atoms with Crippen LogP contribution >= 0.6 is 0 Å². The molecule has 72 valence electrons. The second-order valence-corrected chi connectivity index (χ2v) is 2.96. The Morgan fingerprint density at radius 2 is 2.00 bits per heavy atom. The van der Waals surface area contributed by atoms with Crippen molar-refractivity contribution in [2.45, 2.75) is 37.5 Å². The molecule has 1 aliphatic heterocycles. The largest absolute Gasteiger partial charge is 0.388 e. The van der Waals surface area contributed by atoms with E-state index in [2.05, 4.69) is 0 Å². The van der Waals surface area contributed by atoms with Crippen LogP contribution in [0.2, 0.25) is 0 Å². The van der Waals surface area contributed by atoms with Crippen LogP contribution in [0.4, 0.5) is 8.78 Å². The number of aliphatic hydroxyl groups excluding tert-OH is 2. The standard InChI is InChI=1S/C7H12F2O3/c1-3-5(10)6(11)7(12-3)4(9)2-8/h3-7,10-11H,2H2,1H3/t3-,4-,5?,6+,7+/m0/s1. The van der Waals surface area contributed by atoms with Crippen molar-refractivity contribution in [2.75, 3.05) is 6.67 Å². The van der Waals surface area contributed by atoms with Crippen molar-refractivity contribution in [3.63, 3.8) is 0 Å². The van der Waals surface area contributed by atoms with E-state index in [1.54, 1.807) is 0 Å². The van der Waals surface area contributed by atoms with Gasteiger partial charge in [-0.05, 0) is 6.92 Å². The second-order valence-electron chi connectivity index (χ2n) is 2.96. The average Bonchev–Trinajstić information content (AvgIpc) is 2.32. The van der Waals surface area contributed by atoms with Gasteiger partial charge < -0.3 is 14.9 Å². The third-order valence-corrected chi connectivity index (χ3v) is 2.04.